The lowest BCUT2D eigenvalue weighted by atomic mass is 11.0. The highest BCUT2D eigenvalue weighted by Gasteiger charge is 1.85. The van der Waals surface area contributed by atoms with Gasteiger partial charge in [-0.15, -0.1) is 0 Å². The maximum atomic E-state index is 4.76. The number of rotatable bonds is 1. The van der Waals surface area contributed by atoms with Crippen LogP contribution in [0.3, 0.4) is 0 Å². The summed E-state index contributed by atoms with van der Waals surface area (Å²) < 4.78 is 4.76. The normalized spacial score (nSPS) is 7.44. The zero-order valence-corrected chi connectivity index (χ0v) is 6.73. The fourth-order valence-corrected chi connectivity index (χ4v) is 0.767. The van der Waals surface area contributed by atoms with Gasteiger partial charge in [0.25, 0.3) is 5.19 Å². The van der Waals surface area contributed by atoms with E-state index in [1.54, 1.807) is 13.3 Å². The lowest BCUT2D eigenvalue weighted by Gasteiger charge is -1.84. The molecule has 0 aliphatic heterocycles. The van der Waals surface area contributed by atoms with Crippen molar-refractivity contribution < 1.29 is 4.74 Å². The highest BCUT2D eigenvalue weighted by molar-refractivity contribution is 7.11. The van der Waals surface area contributed by atoms with E-state index in [1.165, 1.54) is 11.3 Å². The Labute approximate surface area is 59.5 Å². The Balaban J connectivity index is 0.000000291. The van der Waals surface area contributed by atoms with Crippen LogP contribution in [0, 0.1) is 0 Å². The van der Waals surface area contributed by atoms with Crippen LogP contribution in [-0.4, -0.2) is 12.1 Å². The van der Waals surface area contributed by atoms with Gasteiger partial charge < -0.3 is 4.74 Å². The Kier molecular flexibility index (Phi) is 5.21. The molecule has 0 fully saturated rings. The number of methoxy groups -OCH3 is 1. The van der Waals surface area contributed by atoms with Gasteiger partial charge in [0.1, 0.15) is 0 Å². The van der Waals surface area contributed by atoms with Crippen molar-refractivity contribution >= 4 is 11.3 Å². The molecule has 0 saturated carbocycles. The molecule has 2 nitrogen and oxygen atoms in total. The quantitative estimate of drug-likeness (QED) is 0.604. The summed E-state index contributed by atoms with van der Waals surface area (Å²) in [6.07, 6.45) is 1.71. The molecule has 0 aliphatic rings. The minimum absolute atomic E-state index is 0.722. The van der Waals surface area contributed by atoms with E-state index in [0.717, 1.165) is 5.19 Å². The summed E-state index contributed by atoms with van der Waals surface area (Å²) >= 11 is 1.49. The molecule has 0 aliphatic carbocycles. The standard InChI is InChI=1S/C4H5NOS.C2H6/c1-6-4-5-2-3-7-4;1-2/h2-3H,1H3;1-2H3. The van der Waals surface area contributed by atoms with Gasteiger partial charge in [-0.3, -0.25) is 0 Å². The zero-order chi connectivity index (χ0) is 7.11. The van der Waals surface area contributed by atoms with Gasteiger partial charge in [-0.25, -0.2) is 4.98 Å². The van der Waals surface area contributed by atoms with E-state index in [4.69, 9.17) is 4.74 Å². The molecule has 0 atom stereocenters. The monoisotopic (exact) mass is 145 g/mol. The van der Waals surface area contributed by atoms with Crippen LogP contribution in [0.5, 0.6) is 5.19 Å². The molecule has 0 amide bonds. The molecule has 3 heteroatoms. The van der Waals surface area contributed by atoms with Gasteiger partial charge in [-0.1, -0.05) is 25.2 Å². The molecule has 0 spiro atoms. The molecule has 0 saturated heterocycles. The highest BCUT2D eigenvalue weighted by atomic mass is 32.1. The van der Waals surface area contributed by atoms with Crippen molar-refractivity contribution in [1.29, 1.82) is 0 Å². The molecule has 1 rings (SSSR count). The van der Waals surface area contributed by atoms with Crippen molar-refractivity contribution in [3.05, 3.63) is 11.6 Å². The average Bonchev–Trinajstić information content (AvgIpc) is 2.43. The summed E-state index contributed by atoms with van der Waals surface area (Å²) in [7, 11) is 1.61. The Bertz CT molecular complexity index is 128. The van der Waals surface area contributed by atoms with Crippen LogP contribution in [0.15, 0.2) is 11.6 Å². The van der Waals surface area contributed by atoms with E-state index < -0.39 is 0 Å². The first-order valence-electron chi connectivity index (χ1n) is 2.87. The number of hydrogen-bond donors (Lipinski definition) is 0. The predicted octanol–water partition coefficient (Wildman–Crippen LogP) is 2.18. The van der Waals surface area contributed by atoms with Crippen LogP contribution < -0.4 is 4.74 Å². The lowest BCUT2D eigenvalue weighted by Crippen LogP contribution is -1.76. The van der Waals surface area contributed by atoms with E-state index in [0.29, 0.717) is 0 Å². The Hall–Kier alpha value is -0.570. The second kappa shape index (κ2) is 5.56. The molecule has 0 N–H and O–H groups in total. The van der Waals surface area contributed by atoms with E-state index in [-0.39, 0.29) is 0 Å². The number of ether oxygens (including phenoxy) is 1. The van der Waals surface area contributed by atoms with Gasteiger partial charge in [-0.2, -0.15) is 0 Å². The summed E-state index contributed by atoms with van der Waals surface area (Å²) in [6, 6.07) is 0. The predicted molar refractivity (Wildman–Crippen MR) is 40.0 cm³/mol. The molecular formula is C6H11NOS. The maximum absolute atomic E-state index is 4.76. The van der Waals surface area contributed by atoms with Crippen molar-refractivity contribution in [3.8, 4) is 5.19 Å². The van der Waals surface area contributed by atoms with E-state index >= 15 is 0 Å². The molecule has 52 valence electrons. The summed E-state index contributed by atoms with van der Waals surface area (Å²) in [5.41, 5.74) is 0. The van der Waals surface area contributed by atoms with Crippen molar-refractivity contribution in [3.63, 3.8) is 0 Å². The fourth-order valence-electron chi connectivity index (χ4n) is 0.311. The second-order valence-electron chi connectivity index (χ2n) is 1.00. The molecule has 9 heavy (non-hydrogen) atoms. The maximum Gasteiger partial charge on any atom is 0.272 e. The van der Waals surface area contributed by atoms with Gasteiger partial charge in [0.2, 0.25) is 0 Å². The van der Waals surface area contributed by atoms with Crippen molar-refractivity contribution in [1.82, 2.24) is 4.98 Å². The Morgan fingerprint density at radius 1 is 1.56 bits per heavy atom. The molecular weight excluding hydrogens is 134 g/mol. The van der Waals surface area contributed by atoms with Crippen molar-refractivity contribution in [2.24, 2.45) is 0 Å². The van der Waals surface area contributed by atoms with Gasteiger partial charge in [0, 0.05) is 11.6 Å². The minimum Gasteiger partial charge on any atom is -0.473 e. The lowest BCUT2D eigenvalue weighted by molar-refractivity contribution is 0.412. The molecule has 1 heterocycles. The zero-order valence-electron chi connectivity index (χ0n) is 5.92. The Morgan fingerprint density at radius 2 is 2.22 bits per heavy atom. The summed E-state index contributed by atoms with van der Waals surface area (Å²) in [6.45, 7) is 4.00. The van der Waals surface area contributed by atoms with E-state index in [1.807, 2.05) is 19.2 Å². The third kappa shape index (κ3) is 3.08. The largest absolute Gasteiger partial charge is 0.473 e. The summed E-state index contributed by atoms with van der Waals surface area (Å²) in [4.78, 5) is 3.83. The molecule has 0 bridgehead atoms. The second-order valence-corrected chi connectivity index (χ2v) is 1.86. The van der Waals surface area contributed by atoms with Crippen LogP contribution >= 0.6 is 11.3 Å². The molecule has 1 aromatic heterocycles. The smallest absolute Gasteiger partial charge is 0.272 e. The van der Waals surface area contributed by atoms with Gasteiger partial charge in [0.05, 0.1) is 7.11 Å². The van der Waals surface area contributed by atoms with E-state index in [9.17, 15) is 0 Å². The van der Waals surface area contributed by atoms with E-state index in [2.05, 4.69) is 4.98 Å². The first kappa shape index (κ1) is 8.43. The molecule has 0 aromatic carbocycles. The minimum atomic E-state index is 0.722. The summed E-state index contributed by atoms with van der Waals surface area (Å²) in [5, 5.41) is 2.60. The third-order valence-corrected chi connectivity index (χ3v) is 1.32. The SMILES string of the molecule is CC.COc1nccs1. The van der Waals surface area contributed by atoms with Gasteiger partial charge in [0.15, 0.2) is 0 Å². The number of nitrogens with zero attached hydrogens (tertiary/aromatic N) is 1. The number of hydrogen-bond acceptors (Lipinski definition) is 3. The first-order chi connectivity index (χ1) is 4.43. The summed E-state index contributed by atoms with van der Waals surface area (Å²) in [5.74, 6) is 0. The van der Waals surface area contributed by atoms with Crippen LogP contribution in [-0.2, 0) is 0 Å². The fraction of sp³-hybridized carbons (Fsp3) is 0.500. The number of aromatic nitrogens is 1. The molecule has 1 aromatic rings. The average molecular weight is 145 g/mol. The van der Waals surface area contributed by atoms with Gasteiger partial charge >= 0.3 is 0 Å². The van der Waals surface area contributed by atoms with Crippen LogP contribution in [0.4, 0.5) is 0 Å². The Morgan fingerprint density at radius 3 is 2.44 bits per heavy atom. The van der Waals surface area contributed by atoms with Crippen molar-refractivity contribution in [2.45, 2.75) is 13.8 Å². The first-order valence-corrected chi connectivity index (χ1v) is 3.75. The van der Waals surface area contributed by atoms with Crippen LogP contribution in [0.2, 0.25) is 0 Å². The molecule has 0 radical (unpaired) electrons. The topological polar surface area (TPSA) is 22.1 Å². The van der Waals surface area contributed by atoms with Crippen molar-refractivity contribution in [2.75, 3.05) is 7.11 Å². The molecule has 0 unspecified atom stereocenters. The third-order valence-electron chi connectivity index (χ3n) is 0.584. The highest BCUT2D eigenvalue weighted by Crippen LogP contribution is 2.11. The number of thiazole rings is 1. The van der Waals surface area contributed by atoms with Crippen LogP contribution in [0.25, 0.3) is 0 Å². The van der Waals surface area contributed by atoms with Crippen LogP contribution in [0.1, 0.15) is 13.8 Å². The van der Waals surface area contributed by atoms with Gasteiger partial charge in [-0.05, 0) is 0 Å².